The highest BCUT2D eigenvalue weighted by atomic mass is 16.5. The Hall–Kier alpha value is -1.42. The molecule has 1 aliphatic rings. The number of aromatic nitrogens is 1. The van der Waals surface area contributed by atoms with Crippen molar-refractivity contribution in [2.24, 2.45) is 5.92 Å². The van der Waals surface area contributed by atoms with Crippen molar-refractivity contribution >= 4 is 5.97 Å². The average molecular weight is 207 g/mol. The van der Waals surface area contributed by atoms with Crippen LogP contribution >= 0.6 is 0 Å². The third-order valence-electron chi connectivity index (χ3n) is 2.43. The number of carboxylic acids is 1. The summed E-state index contributed by atoms with van der Waals surface area (Å²) in [6.45, 7) is 0.272. The number of rotatable bonds is 5. The summed E-state index contributed by atoms with van der Waals surface area (Å²) in [5.74, 6) is -0.667. The van der Waals surface area contributed by atoms with E-state index in [0.29, 0.717) is 0 Å². The van der Waals surface area contributed by atoms with E-state index in [9.17, 15) is 4.79 Å². The van der Waals surface area contributed by atoms with E-state index in [2.05, 4.69) is 4.98 Å². The first kappa shape index (κ1) is 10.1. The van der Waals surface area contributed by atoms with E-state index >= 15 is 0 Å². The van der Waals surface area contributed by atoms with Crippen molar-refractivity contribution < 1.29 is 14.6 Å². The standard InChI is InChI=1S/C11H13NO3/c13-11(14)10(8-4-5-8)15-7-9-3-1-2-6-12-9/h1-3,6,8,10H,4-5,7H2,(H,13,14). The van der Waals surface area contributed by atoms with Gasteiger partial charge in [-0.1, -0.05) is 6.07 Å². The molecule has 0 saturated heterocycles. The summed E-state index contributed by atoms with van der Waals surface area (Å²) in [6.07, 6.45) is 2.93. The molecule has 1 atom stereocenters. The van der Waals surface area contributed by atoms with Crippen LogP contribution < -0.4 is 0 Å². The van der Waals surface area contributed by atoms with Gasteiger partial charge in [-0.15, -0.1) is 0 Å². The zero-order chi connectivity index (χ0) is 10.7. The van der Waals surface area contributed by atoms with Gasteiger partial charge >= 0.3 is 5.97 Å². The number of nitrogens with zero attached hydrogens (tertiary/aromatic N) is 1. The van der Waals surface area contributed by atoms with Crippen LogP contribution in [0.1, 0.15) is 18.5 Å². The van der Waals surface area contributed by atoms with Gasteiger partial charge in [0.15, 0.2) is 6.10 Å². The predicted molar refractivity (Wildman–Crippen MR) is 53.2 cm³/mol. The van der Waals surface area contributed by atoms with Gasteiger partial charge in [-0.25, -0.2) is 4.79 Å². The summed E-state index contributed by atoms with van der Waals surface area (Å²) < 4.78 is 5.35. The van der Waals surface area contributed by atoms with E-state index < -0.39 is 12.1 Å². The van der Waals surface area contributed by atoms with Crippen molar-refractivity contribution in [1.82, 2.24) is 4.98 Å². The van der Waals surface area contributed by atoms with Gasteiger partial charge in [0.05, 0.1) is 12.3 Å². The molecule has 1 saturated carbocycles. The molecule has 1 heterocycles. The van der Waals surface area contributed by atoms with Gasteiger partial charge in [0.25, 0.3) is 0 Å². The minimum Gasteiger partial charge on any atom is -0.479 e. The van der Waals surface area contributed by atoms with Crippen LogP contribution in [0.3, 0.4) is 0 Å². The van der Waals surface area contributed by atoms with Crippen LogP contribution in [0.25, 0.3) is 0 Å². The molecule has 1 aromatic rings. The lowest BCUT2D eigenvalue weighted by Gasteiger charge is -2.11. The Balaban J connectivity index is 1.88. The monoisotopic (exact) mass is 207 g/mol. The fraction of sp³-hybridized carbons (Fsp3) is 0.455. The molecule has 1 fully saturated rings. The third kappa shape index (κ3) is 2.76. The Morgan fingerprint density at radius 3 is 2.93 bits per heavy atom. The second-order valence-corrected chi connectivity index (χ2v) is 3.73. The lowest BCUT2D eigenvalue weighted by atomic mass is 10.2. The summed E-state index contributed by atoms with van der Waals surface area (Å²) in [4.78, 5) is 14.9. The zero-order valence-electron chi connectivity index (χ0n) is 8.30. The van der Waals surface area contributed by atoms with Gasteiger partial charge in [0, 0.05) is 6.20 Å². The SMILES string of the molecule is O=C(O)C(OCc1ccccn1)C1CC1. The Kier molecular flexibility index (Phi) is 2.97. The molecule has 1 N–H and O–H groups in total. The number of pyridine rings is 1. The first-order valence-corrected chi connectivity index (χ1v) is 5.01. The molecule has 15 heavy (non-hydrogen) atoms. The van der Waals surface area contributed by atoms with Crippen molar-refractivity contribution in [2.45, 2.75) is 25.6 Å². The summed E-state index contributed by atoms with van der Waals surface area (Å²) in [5, 5.41) is 8.92. The van der Waals surface area contributed by atoms with Gasteiger partial charge in [-0.05, 0) is 30.9 Å². The summed E-state index contributed by atoms with van der Waals surface area (Å²) in [5.41, 5.74) is 0.768. The third-order valence-corrected chi connectivity index (χ3v) is 2.43. The van der Waals surface area contributed by atoms with Crippen LogP contribution in [-0.4, -0.2) is 22.2 Å². The quantitative estimate of drug-likeness (QED) is 0.794. The molecule has 0 amide bonds. The highest BCUT2D eigenvalue weighted by Gasteiger charge is 2.37. The number of ether oxygens (including phenoxy) is 1. The molecule has 0 aliphatic heterocycles. The normalized spacial score (nSPS) is 17.3. The van der Waals surface area contributed by atoms with E-state index in [0.717, 1.165) is 18.5 Å². The molecule has 0 aromatic carbocycles. The molecule has 4 nitrogen and oxygen atoms in total. The zero-order valence-corrected chi connectivity index (χ0v) is 8.30. The van der Waals surface area contributed by atoms with Crippen molar-refractivity contribution in [3.05, 3.63) is 30.1 Å². The Labute approximate surface area is 87.9 Å². The van der Waals surface area contributed by atoms with E-state index in [4.69, 9.17) is 9.84 Å². The number of carbonyl (C=O) groups is 1. The number of carboxylic acid groups (broad SMARTS) is 1. The maximum absolute atomic E-state index is 10.9. The minimum atomic E-state index is -0.867. The molecule has 0 bridgehead atoms. The van der Waals surface area contributed by atoms with E-state index in [1.54, 1.807) is 6.20 Å². The Morgan fingerprint density at radius 2 is 2.40 bits per heavy atom. The summed E-state index contributed by atoms with van der Waals surface area (Å²) in [7, 11) is 0. The fourth-order valence-electron chi connectivity index (χ4n) is 1.47. The van der Waals surface area contributed by atoms with Crippen LogP contribution in [-0.2, 0) is 16.1 Å². The van der Waals surface area contributed by atoms with Crippen LogP contribution in [0.5, 0.6) is 0 Å². The largest absolute Gasteiger partial charge is 0.479 e. The Bertz CT molecular complexity index is 335. The van der Waals surface area contributed by atoms with Crippen LogP contribution in [0.15, 0.2) is 24.4 Å². The molecule has 1 aromatic heterocycles. The average Bonchev–Trinajstić information content (AvgIpc) is 3.03. The molecule has 2 rings (SSSR count). The first-order valence-electron chi connectivity index (χ1n) is 5.01. The van der Waals surface area contributed by atoms with Crippen LogP contribution in [0.4, 0.5) is 0 Å². The molecule has 0 radical (unpaired) electrons. The molecular weight excluding hydrogens is 194 g/mol. The lowest BCUT2D eigenvalue weighted by molar-refractivity contribution is -0.152. The Morgan fingerprint density at radius 1 is 1.60 bits per heavy atom. The number of hydrogen-bond donors (Lipinski definition) is 1. The smallest absolute Gasteiger partial charge is 0.333 e. The molecule has 1 aliphatic carbocycles. The minimum absolute atomic E-state index is 0.200. The first-order chi connectivity index (χ1) is 7.27. The molecular formula is C11H13NO3. The lowest BCUT2D eigenvalue weighted by Crippen LogP contribution is -2.26. The van der Waals surface area contributed by atoms with E-state index in [1.807, 2.05) is 18.2 Å². The summed E-state index contributed by atoms with van der Waals surface area (Å²) >= 11 is 0. The van der Waals surface area contributed by atoms with Crippen LogP contribution in [0, 0.1) is 5.92 Å². The van der Waals surface area contributed by atoms with Crippen molar-refractivity contribution in [2.75, 3.05) is 0 Å². The predicted octanol–water partition coefficient (Wildman–Crippen LogP) is 1.46. The topological polar surface area (TPSA) is 59.4 Å². The molecule has 1 unspecified atom stereocenters. The maximum Gasteiger partial charge on any atom is 0.333 e. The van der Waals surface area contributed by atoms with E-state index in [-0.39, 0.29) is 12.5 Å². The number of aliphatic carboxylic acids is 1. The van der Waals surface area contributed by atoms with Crippen molar-refractivity contribution in [3.8, 4) is 0 Å². The molecule has 4 heteroatoms. The van der Waals surface area contributed by atoms with Gasteiger partial charge in [-0.2, -0.15) is 0 Å². The van der Waals surface area contributed by atoms with Crippen LogP contribution in [0.2, 0.25) is 0 Å². The highest BCUT2D eigenvalue weighted by Crippen LogP contribution is 2.34. The number of hydrogen-bond acceptors (Lipinski definition) is 3. The van der Waals surface area contributed by atoms with Gasteiger partial charge in [0.1, 0.15) is 0 Å². The van der Waals surface area contributed by atoms with Gasteiger partial charge in [-0.3, -0.25) is 4.98 Å². The second-order valence-electron chi connectivity index (χ2n) is 3.73. The maximum atomic E-state index is 10.9. The van der Waals surface area contributed by atoms with E-state index in [1.165, 1.54) is 0 Å². The van der Waals surface area contributed by atoms with Crippen molar-refractivity contribution in [1.29, 1.82) is 0 Å². The fourth-order valence-corrected chi connectivity index (χ4v) is 1.47. The van der Waals surface area contributed by atoms with Gasteiger partial charge in [0.2, 0.25) is 0 Å². The summed E-state index contributed by atoms with van der Waals surface area (Å²) in [6, 6.07) is 5.50. The second kappa shape index (κ2) is 4.40. The molecule has 80 valence electrons. The van der Waals surface area contributed by atoms with Crippen molar-refractivity contribution in [3.63, 3.8) is 0 Å². The highest BCUT2D eigenvalue weighted by molar-refractivity contribution is 5.73. The van der Waals surface area contributed by atoms with Gasteiger partial charge < -0.3 is 9.84 Å². The molecule has 0 spiro atoms.